The standard InChI is InChI=1S/C23H31FN4OS/c1-3-16-10-17-6-4-7-23(13-16,14-17)28-21-12-20(24)19(11-18(21)15(2)25-28)22(29)26-30-27-8-5-9-27/h11-12,16-17H,3-10,13-14H2,1-2H3,(H,26,29). The Morgan fingerprint density at radius 3 is 2.90 bits per heavy atom. The number of hydrogen-bond acceptors (Lipinski definition) is 4. The third-order valence-corrected chi connectivity index (χ3v) is 8.47. The molecule has 2 saturated carbocycles. The Morgan fingerprint density at radius 2 is 2.17 bits per heavy atom. The van der Waals surface area contributed by atoms with Crippen LogP contribution in [-0.4, -0.2) is 33.1 Å². The zero-order valence-electron chi connectivity index (χ0n) is 17.9. The average Bonchev–Trinajstić information content (AvgIpc) is 3.02. The molecule has 3 unspecified atom stereocenters. The Labute approximate surface area is 182 Å². The molecule has 2 heterocycles. The minimum Gasteiger partial charge on any atom is -0.283 e. The van der Waals surface area contributed by atoms with E-state index >= 15 is 4.39 Å². The van der Waals surface area contributed by atoms with E-state index in [9.17, 15) is 4.79 Å². The van der Waals surface area contributed by atoms with Gasteiger partial charge in [-0.1, -0.05) is 26.2 Å². The number of nitrogens with zero attached hydrogens (tertiary/aromatic N) is 3. The summed E-state index contributed by atoms with van der Waals surface area (Å²) in [5.74, 6) is 0.637. The lowest BCUT2D eigenvalue weighted by Crippen LogP contribution is -2.45. The third kappa shape index (κ3) is 3.44. The van der Waals surface area contributed by atoms with Crippen molar-refractivity contribution >= 4 is 28.9 Å². The van der Waals surface area contributed by atoms with Crippen molar-refractivity contribution in [2.45, 2.75) is 70.8 Å². The van der Waals surface area contributed by atoms with Gasteiger partial charge in [0.05, 0.1) is 22.3 Å². The first-order chi connectivity index (χ1) is 14.5. The molecule has 5 rings (SSSR count). The first-order valence-corrected chi connectivity index (χ1v) is 12.2. The van der Waals surface area contributed by atoms with Gasteiger partial charge in [-0.05, 0) is 56.9 Å². The molecule has 0 spiro atoms. The summed E-state index contributed by atoms with van der Waals surface area (Å²) in [7, 11) is 0. The van der Waals surface area contributed by atoms with Crippen LogP contribution in [0.5, 0.6) is 0 Å². The number of amides is 1. The maximum absolute atomic E-state index is 15.1. The van der Waals surface area contributed by atoms with E-state index in [1.165, 1.54) is 37.8 Å². The van der Waals surface area contributed by atoms with Crippen LogP contribution in [0.2, 0.25) is 0 Å². The Kier molecular flexibility index (Phi) is 5.30. The molecule has 1 saturated heterocycles. The smallest absolute Gasteiger partial charge is 0.265 e. The SMILES string of the molecule is CCC1CC2CCCC(n3nc(C)c4cc(C(=O)NSN5CCC5)c(F)cc43)(C1)C2. The highest BCUT2D eigenvalue weighted by molar-refractivity contribution is 7.95. The highest BCUT2D eigenvalue weighted by Crippen LogP contribution is 2.51. The van der Waals surface area contributed by atoms with Crippen LogP contribution in [0.1, 0.15) is 74.3 Å². The number of benzene rings is 1. The highest BCUT2D eigenvalue weighted by Gasteiger charge is 2.45. The van der Waals surface area contributed by atoms with E-state index in [0.717, 1.165) is 67.2 Å². The molecule has 1 aliphatic heterocycles. The van der Waals surface area contributed by atoms with Gasteiger partial charge in [0.15, 0.2) is 0 Å². The summed E-state index contributed by atoms with van der Waals surface area (Å²) < 4.78 is 22.1. The van der Waals surface area contributed by atoms with Crippen LogP contribution >= 0.6 is 12.1 Å². The van der Waals surface area contributed by atoms with Crippen molar-refractivity contribution in [1.82, 2.24) is 18.8 Å². The van der Waals surface area contributed by atoms with Crippen LogP contribution < -0.4 is 4.72 Å². The second-order valence-electron chi connectivity index (χ2n) is 9.55. The molecule has 1 amide bonds. The number of rotatable bonds is 5. The monoisotopic (exact) mass is 430 g/mol. The van der Waals surface area contributed by atoms with E-state index in [1.807, 2.05) is 6.92 Å². The highest BCUT2D eigenvalue weighted by atomic mass is 32.2. The lowest BCUT2D eigenvalue weighted by Gasteiger charge is -2.48. The van der Waals surface area contributed by atoms with E-state index in [1.54, 1.807) is 12.1 Å². The number of carbonyl (C=O) groups excluding carboxylic acids is 1. The van der Waals surface area contributed by atoms with Gasteiger partial charge < -0.3 is 0 Å². The van der Waals surface area contributed by atoms with Crippen LogP contribution in [-0.2, 0) is 5.54 Å². The van der Waals surface area contributed by atoms with E-state index in [-0.39, 0.29) is 17.0 Å². The molecule has 162 valence electrons. The summed E-state index contributed by atoms with van der Waals surface area (Å²) in [4.78, 5) is 12.6. The Bertz CT molecular complexity index is 972. The second kappa shape index (κ2) is 7.83. The van der Waals surface area contributed by atoms with Crippen molar-refractivity contribution in [3.8, 4) is 0 Å². The van der Waals surface area contributed by atoms with Gasteiger partial charge in [0.2, 0.25) is 0 Å². The van der Waals surface area contributed by atoms with Gasteiger partial charge >= 0.3 is 0 Å². The Morgan fingerprint density at radius 1 is 1.33 bits per heavy atom. The van der Waals surface area contributed by atoms with E-state index in [4.69, 9.17) is 5.10 Å². The van der Waals surface area contributed by atoms with Gasteiger partial charge in [0, 0.05) is 36.7 Å². The molecule has 3 fully saturated rings. The minimum atomic E-state index is -0.461. The molecule has 1 aromatic carbocycles. The number of aromatic nitrogens is 2. The number of hydrogen-bond donors (Lipinski definition) is 1. The zero-order valence-corrected chi connectivity index (χ0v) is 18.7. The number of carbonyl (C=O) groups is 1. The molecule has 2 bridgehead atoms. The second-order valence-corrected chi connectivity index (χ2v) is 10.5. The summed E-state index contributed by atoms with van der Waals surface area (Å²) in [6.07, 6.45) is 9.59. The third-order valence-electron chi connectivity index (χ3n) is 7.57. The van der Waals surface area contributed by atoms with E-state index in [2.05, 4.69) is 20.6 Å². The lowest BCUT2D eigenvalue weighted by molar-refractivity contribution is 0.0409. The van der Waals surface area contributed by atoms with Gasteiger partial charge in [0.1, 0.15) is 5.82 Å². The predicted molar refractivity (Wildman–Crippen MR) is 119 cm³/mol. The maximum atomic E-state index is 15.1. The molecule has 2 aliphatic carbocycles. The van der Waals surface area contributed by atoms with Crippen molar-refractivity contribution in [1.29, 1.82) is 0 Å². The Hall–Kier alpha value is -1.60. The first-order valence-electron chi connectivity index (χ1n) is 11.4. The summed E-state index contributed by atoms with van der Waals surface area (Å²) in [6, 6.07) is 3.25. The fraction of sp³-hybridized carbons (Fsp3) is 0.652. The van der Waals surface area contributed by atoms with Gasteiger partial charge in [0.25, 0.3) is 5.91 Å². The summed E-state index contributed by atoms with van der Waals surface area (Å²) in [5.41, 5.74) is 1.82. The average molecular weight is 431 g/mol. The van der Waals surface area contributed by atoms with Crippen LogP contribution in [0.15, 0.2) is 12.1 Å². The van der Waals surface area contributed by atoms with E-state index in [0.29, 0.717) is 0 Å². The van der Waals surface area contributed by atoms with E-state index < -0.39 is 5.82 Å². The summed E-state index contributed by atoms with van der Waals surface area (Å²) in [5, 5.41) is 5.83. The molecule has 0 radical (unpaired) electrons. The topological polar surface area (TPSA) is 50.2 Å². The summed E-state index contributed by atoms with van der Waals surface area (Å²) in [6.45, 7) is 6.18. The molecule has 3 aliphatic rings. The molecular formula is C23H31FN4OS. The van der Waals surface area contributed by atoms with Crippen LogP contribution in [0, 0.1) is 24.6 Å². The fourth-order valence-electron chi connectivity index (χ4n) is 5.89. The fourth-order valence-corrected chi connectivity index (χ4v) is 6.65. The molecule has 5 nitrogen and oxygen atoms in total. The van der Waals surface area contributed by atoms with Gasteiger partial charge in [-0.15, -0.1) is 0 Å². The molecule has 2 aromatic rings. The van der Waals surface area contributed by atoms with Crippen molar-refractivity contribution < 1.29 is 9.18 Å². The van der Waals surface area contributed by atoms with Crippen LogP contribution in [0.25, 0.3) is 10.9 Å². The lowest BCUT2D eigenvalue weighted by atomic mass is 9.63. The quantitative estimate of drug-likeness (QED) is 0.664. The van der Waals surface area contributed by atoms with Crippen molar-refractivity contribution in [3.05, 3.63) is 29.2 Å². The summed E-state index contributed by atoms with van der Waals surface area (Å²) >= 11 is 1.27. The Balaban J connectivity index is 1.50. The normalized spacial score (nSPS) is 29.0. The number of aryl methyl sites for hydroxylation is 1. The first kappa shape index (κ1) is 20.3. The minimum absolute atomic E-state index is 0.00206. The number of fused-ring (bicyclic) bond motifs is 3. The van der Waals surface area contributed by atoms with Gasteiger partial charge in [-0.3, -0.25) is 14.2 Å². The maximum Gasteiger partial charge on any atom is 0.265 e. The molecule has 7 heteroatoms. The van der Waals surface area contributed by atoms with Crippen molar-refractivity contribution in [2.75, 3.05) is 13.1 Å². The van der Waals surface area contributed by atoms with Crippen molar-refractivity contribution in [3.63, 3.8) is 0 Å². The number of nitrogens with one attached hydrogen (secondary N) is 1. The van der Waals surface area contributed by atoms with Crippen LogP contribution in [0.4, 0.5) is 4.39 Å². The number of halogens is 1. The molecule has 3 atom stereocenters. The van der Waals surface area contributed by atoms with Gasteiger partial charge in [-0.25, -0.2) is 8.70 Å². The van der Waals surface area contributed by atoms with Gasteiger partial charge in [-0.2, -0.15) is 5.10 Å². The molecular weight excluding hydrogens is 399 g/mol. The molecule has 1 aromatic heterocycles. The predicted octanol–water partition coefficient (Wildman–Crippen LogP) is 5.19. The van der Waals surface area contributed by atoms with Crippen molar-refractivity contribution in [2.24, 2.45) is 11.8 Å². The largest absolute Gasteiger partial charge is 0.283 e. The zero-order chi connectivity index (χ0) is 20.9. The molecule has 30 heavy (non-hydrogen) atoms. The van der Waals surface area contributed by atoms with Crippen LogP contribution in [0.3, 0.4) is 0 Å². The molecule has 1 N–H and O–H groups in total.